The van der Waals surface area contributed by atoms with E-state index < -0.39 is 16.1 Å². The Kier molecular flexibility index (Phi) is 5.84. The molecule has 8 nitrogen and oxygen atoms in total. The first-order chi connectivity index (χ1) is 13.0. The van der Waals surface area contributed by atoms with Gasteiger partial charge in [0.05, 0.1) is 17.6 Å². The summed E-state index contributed by atoms with van der Waals surface area (Å²) in [4.78, 5) is 15.7. The molecule has 1 aromatic heterocycles. The lowest BCUT2D eigenvalue weighted by molar-refractivity contribution is 0.251. The molecule has 3 N–H and O–H groups in total. The third-order valence-corrected chi connectivity index (χ3v) is 5.06. The zero-order chi connectivity index (χ0) is 19.1. The molecule has 0 saturated heterocycles. The lowest BCUT2D eigenvalue weighted by atomic mass is 10.2. The van der Waals surface area contributed by atoms with Gasteiger partial charge in [0.2, 0.25) is 10.0 Å². The van der Waals surface area contributed by atoms with Crippen molar-refractivity contribution in [2.45, 2.75) is 18.0 Å². The Morgan fingerprint density at radius 2 is 1.74 bits per heavy atom. The van der Waals surface area contributed by atoms with Crippen molar-refractivity contribution in [2.75, 3.05) is 5.32 Å². The van der Waals surface area contributed by atoms with Crippen molar-refractivity contribution in [3.8, 4) is 0 Å². The van der Waals surface area contributed by atoms with Gasteiger partial charge in [-0.05, 0) is 29.8 Å². The highest BCUT2D eigenvalue weighted by Crippen LogP contribution is 2.14. The number of sulfonamides is 1. The van der Waals surface area contributed by atoms with Crippen LogP contribution in [-0.4, -0.2) is 19.4 Å². The Labute approximate surface area is 156 Å². The fourth-order valence-corrected chi connectivity index (χ4v) is 3.26. The predicted octanol–water partition coefficient (Wildman–Crippen LogP) is 2.47. The van der Waals surface area contributed by atoms with E-state index in [-0.39, 0.29) is 18.0 Å². The number of amides is 2. The molecule has 0 atom stereocenters. The smallest absolute Gasteiger partial charge is 0.319 e. The zero-order valence-corrected chi connectivity index (χ0v) is 15.1. The highest BCUT2D eigenvalue weighted by Gasteiger charge is 2.14. The van der Waals surface area contributed by atoms with Crippen molar-refractivity contribution in [1.29, 1.82) is 0 Å². The second-order valence-electron chi connectivity index (χ2n) is 5.61. The lowest BCUT2D eigenvalue weighted by Crippen LogP contribution is -2.28. The Morgan fingerprint density at radius 3 is 2.41 bits per heavy atom. The lowest BCUT2D eigenvalue weighted by Gasteiger charge is -2.09. The molecule has 0 bridgehead atoms. The molecule has 2 aromatic carbocycles. The molecule has 9 heteroatoms. The van der Waals surface area contributed by atoms with Crippen molar-refractivity contribution in [2.24, 2.45) is 0 Å². The number of hydrogen-bond acceptors (Lipinski definition) is 5. The summed E-state index contributed by atoms with van der Waals surface area (Å²) in [6, 6.07) is 14.7. The van der Waals surface area contributed by atoms with Crippen LogP contribution >= 0.6 is 0 Å². The standard InChI is InChI=1S/C18H18N4O4S/c23-18(20-12-16-11-19-13-26-16)22-15-6-8-17(9-7-15)27(24,25)21-10-14-4-2-1-3-5-14/h1-9,11,13,21H,10,12H2,(H2,20,22,23). The van der Waals surface area contributed by atoms with Gasteiger partial charge in [-0.3, -0.25) is 0 Å². The van der Waals surface area contributed by atoms with E-state index in [1.807, 2.05) is 30.3 Å². The van der Waals surface area contributed by atoms with E-state index in [9.17, 15) is 13.2 Å². The van der Waals surface area contributed by atoms with Crippen LogP contribution in [0.4, 0.5) is 10.5 Å². The molecule has 27 heavy (non-hydrogen) atoms. The summed E-state index contributed by atoms with van der Waals surface area (Å²) in [5.41, 5.74) is 1.33. The van der Waals surface area contributed by atoms with Crippen LogP contribution in [0, 0.1) is 0 Å². The van der Waals surface area contributed by atoms with Gasteiger partial charge in [-0.25, -0.2) is 22.9 Å². The molecule has 3 aromatic rings. The fraction of sp³-hybridized carbons (Fsp3) is 0.111. The number of anilines is 1. The monoisotopic (exact) mass is 386 g/mol. The van der Waals surface area contributed by atoms with Crippen LogP contribution in [0.3, 0.4) is 0 Å². The molecule has 0 aliphatic heterocycles. The molecule has 0 saturated carbocycles. The molecule has 0 unspecified atom stereocenters. The van der Waals surface area contributed by atoms with Crippen LogP contribution in [0.25, 0.3) is 0 Å². The van der Waals surface area contributed by atoms with E-state index in [4.69, 9.17) is 4.42 Å². The molecule has 3 rings (SSSR count). The van der Waals surface area contributed by atoms with Gasteiger partial charge >= 0.3 is 6.03 Å². The minimum Gasteiger partial charge on any atom is -0.447 e. The number of oxazole rings is 1. The van der Waals surface area contributed by atoms with Crippen molar-refractivity contribution >= 4 is 21.7 Å². The fourth-order valence-electron chi connectivity index (χ4n) is 2.25. The SMILES string of the molecule is O=C(NCc1cnco1)Nc1ccc(S(=O)(=O)NCc2ccccc2)cc1. The summed E-state index contributed by atoms with van der Waals surface area (Å²) in [6.45, 7) is 0.398. The second-order valence-corrected chi connectivity index (χ2v) is 7.38. The Bertz CT molecular complexity index is 972. The van der Waals surface area contributed by atoms with Crippen LogP contribution in [0.2, 0.25) is 0 Å². The molecular weight excluding hydrogens is 368 g/mol. The van der Waals surface area contributed by atoms with Crippen LogP contribution in [0.15, 0.2) is 76.5 Å². The van der Waals surface area contributed by atoms with Gasteiger partial charge in [0.25, 0.3) is 0 Å². The van der Waals surface area contributed by atoms with E-state index >= 15 is 0 Å². The largest absolute Gasteiger partial charge is 0.447 e. The summed E-state index contributed by atoms with van der Waals surface area (Å²) in [5.74, 6) is 0.524. The minimum absolute atomic E-state index is 0.117. The second kappa shape index (κ2) is 8.47. The van der Waals surface area contributed by atoms with Gasteiger partial charge in [-0.2, -0.15) is 0 Å². The molecule has 0 radical (unpaired) electrons. The number of benzene rings is 2. The van der Waals surface area contributed by atoms with Gasteiger partial charge in [-0.1, -0.05) is 30.3 Å². The van der Waals surface area contributed by atoms with Crippen LogP contribution < -0.4 is 15.4 Å². The Balaban J connectivity index is 1.54. The molecular formula is C18H18N4O4S. The van der Waals surface area contributed by atoms with Gasteiger partial charge < -0.3 is 15.1 Å². The van der Waals surface area contributed by atoms with E-state index in [2.05, 4.69) is 20.3 Å². The molecule has 1 heterocycles. The molecule has 0 spiro atoms. The summed E-state index contributed by atoms with van der Waals surface area (Å²) in [7, 11) is -3.64. The maximum absolute atomic E-state index is 12.3. The summed E-state index contributed by atoms with van der Waals surface area (Å²) < 4.78 is 32.3. The maximum atomic E-state index is 12.3. The average Bonchev–Trinajstić information content (AvgIpc) is 3.20. The molecule has 2 amide bonds. The summed E-state index contributed by atoms with van der Waals surface area (Å²) in [6.07, 6.45) is 2.78. The van der Waals surface area contributed by atoms with E-state index in [0.29, 0.717) is 11.4 Å². The first-order valence-electron chi connectivity index (χ1n) is 8.09. The van der Waals surface area contributed by atoms with Crippen molar-refractivity contribution < 1.29 is 17.6 Å². The van der Waals surface area contributed by atoms with Crippen LogP contribution in [0.1, 0.15) is 11.3 Å². The van der Waals surface area contributed by atoms with Crippen molar-refractivity contribution in [3.05, 3.63) is 78.5 Å². The van der Waals surface area contributed by atoms with E-state index in [1.165, 1.54) is 36.9 Å². The number of nitrogens with one attached hydrogen (secondary N) is 3. The summed E-state index contributed by atoms with van der Waals surface area (Å²) in [5, 5.41) is 5.22. The van der Waals surface area contributed by atoms with Gasteiger partial charge in [0, 0.05) is 12.2 Å². The topological polar surface area (TPSA) is 113 Å². The molecule has 0 aliphatic carbocycles. The summed E-state index contributed by atoms with van der Waals surface area (Å²) >= 11 is 0. The number of carbonyl (C=O) groups excluding carboxylic acids is 1. The first kappa shape index (κ1) is 18.6. The third-order valence-electron chi connectivity index (χ3n) is 3.64. The maximum Gasteiger partial charge on any atom is 0.319 e. The number of aromatic nitrogens is 1. The number of nitrogens with zero attached hydrogens (tertiary/aromatic N) is 1. The Morgan fingerprint density at radius 1 is 1.00 bits per heavy atom. The predicted molar refractivity (Wildman–Crippen MR) is 99.3 cm³/mol. The number of urea groups is 1. The molecule has 0 fully saturated rings. The van der Waals surface area contributed by atoms with Gasteiger partial charge in [0.1, 0.15) is 5.76 Å². The van der Waals surface area contributed by atoms with Gasteiger partial charge in [0.15, 0.2) is 6.39 Å². The molecule has 0 aliphatic rings. The third kappa shape index (κ3) is 5.40. The number of hydrogen-bond donors (Lipinski definition) is 3. The Hall–Kier alpha value is -3.17. The van der Waals surface area contributed by atoms with Crippen molar-refractivity contribution in [3.63, 3.8) is 0 Å². The van der Waals surface area contributed by atoms with Crippen LogP contribution in [-0.2, 0) is 23.1 Å². The number of rotatable bonds is 7. The first-order valence-corrected chi connectivity index (χ1v) is 9.57. The normalized spacial score (nSPS) is 11.1. The zero-order valence-electron chi connectivity index (χ0n) is 14.3. The highest BCUT2D eigenvalue weighted by molar-refractivity contribution is 7.89. The number of carbonyl (C=O) groups is 1. The highest BCUT2D eigenvalue weighted by atomic mass is 32.2. The van der Waals surface area contributed by atoms with E-state index in [0.717, 1.165) is 5.56 Å². The minimum atomic E-state index is -3.64. The van der Waals surface area contributed by atoms with Gasteiger partial charge in [-0.15, -0.1) is 0 Å². The van der Waals surface area contributed by atoms with Crippen molar-refractivity contribution in [1.82, 2.24) is 15.0 Å². The van der Waals surface area contributed by atoms with E-state index in [1.54, 1.807) is 0 Å². The molecule has 140 valence electrons. The van der Waals surface area contributed by atoms with Crippen LogP contribution in [0.5, 0.6) is 0 Å². The average molecular weight is 386 g/mol. The quantitative estimate of drug-likeness (QED) is 0.577.